The van der Waals surface area contributed by atoms with Crippen LogP contribution >= 0.6 is 11.6 Å². The molecule has 1 N–H and O–H groups in total. The van der Waals surface area contributed by atoms with Crippen LogP contribution in [0.3, 0.4) is 0 Å². The summed E-state index contributed by atoms with van der Waals surface area (Å²) in [6, 6.07) is 9.24. The van der Waals surface area contributed by atoms with Crippen molar-refractivity contribution in [2.24, 2.45) is 0 Å². The van der Waals surface area contributed by atoms with Crippen LogP contribution in [0.1, 0.15) is 10.4 Å². The highest BCUT2D eigenvalue weighted by Gasteiger charge is 2.22. The molecule has 0 spiro atoms. The number of rotatable bonds is 4. The second kappa shape index (κ2) is 6.25. The molecule has 0 fully saturated rings. The molecule has 0 atom stereocenters. The molecule has 0 saturated heterocycles. The molecule has 1 aromatic carbocycles. The molecule has 0 radical (unpaired) electrons. The van der Waals surface area contributed by atoms with Crippen LogP contribution in [0.15, 0.2) is 54.0 Å². The number of benzene rings is 1. The second-order valence-electron chi connectivity index (χ2n) is 5.00. The van der Waals surface area contributed by atoms with E-state index in [1.165, 1.54) is 16.8 Å². The van der Waals surface area contributed by atoms with Gasteiger partial charge in [-0.1, -0.05) is 48.0 Å². The fraction of sp³-hybridized carbons (Fsp3) is 0.0588. The normalized spacial score (nSPS) is 10.7. The van der Waals surface area contributed by atoms with E-state index in [2.05, 4.69) is 16.5 Å². The van der Waals surface area contributed by atoms with Crippen LogP contribution in [0.25, 0.3) is 22.4 Å². The zero-order valence-electron chi connectivity index (χ0n) is 12.4. The van der Waals surface area contributed by atoms with Gasteiger partial charge in [0.25, 0.3) is 5.56 Å². The van der Waals surface area contributed by atoms with E-state index in [-0.39, 0.29) is 17.2 Å². The number of hydrogen-bond donors (Lipinski definition) is 1. The SMILES string of the molecule is C=CCn1c(=O)c(C(=O)O)c(Cl)c2cnc(-c3ccccc3)nc21. The number of carboxylic acid groups (broad SMARTS) is 1. The summed E-state index contributed by atoms with van der Waals surface area (Å²) in [5.41, 5.74) is -0.182. The molecule has 0 aliphatic rings. The molecular weight excluding hydrogens is 330 g/mol. The summed E-state index contributed by atoms with van der Waals surface area (Å²) in [6.45, 7) is 3.71. The molecular formula is C17H12ClN3O3. The van der Waals surface area contributed by atoms with E-state index in [0.29, 0.717) is 11.2 Å². The summed E-state index contributed by atoms with van der Waals surface area (Å²) in [4.78, 5) is 32.5. The summed E-state index contributed by atoms with van der Waals surface area (Å²) in [6.07, 6.45) is 2.92. The van der Waals surface area contributed by atoms with Crippen LogP contribution in [0.5, 0.6) is 0 Å². The number of pyridine rings is 1. The molecule has 3 aromatic rings. The fourth-order valence-electron chi connectivity index (χ4n) is 2.40. The average molecular weight is 342 g/mol. The molecule has 2 heterocycles. The summed E-state index contributed by atoms with van der Waals surface area (Å²) < 4.78 is 1.23. The van der Waals surface area contributed by atoms with Gasteiger partial charge in [0, 0.05) is 18.3 Å². The number of carboxylic acids is 1. The summed E-state index contributed by atoms with van der Waals surface area (Å²) in [5, 5.41) is 9.40. The number of allylic oxidation sites excluding steroid dienone is 1. The number of hydrogen-bond acceptors (Lipinski definition) is 4. The van der Waals surface area contributed by atoms with Crippen LogP contribution < -0.4 is 5.56 Å². The Morgan fingerprint density at radius 3 is 2.67 bits per heavy atom. The molecule has 0 saturated carbocycles. The highest BCUT2D eigenvalue weighted by atomic mass is 35.5. The Bertz CT molecular complexity index is 1010. The molecule has 0 bridgehead atoms. The van der Waals surface area contributed by atoms with Crippen molar-refractivity contribution in [3.05, 3.63) is 70.1 Å². The number of carbonyl (C=O) groups is 1. The summed E-state index contributed by atoms with van der Waals surface area (Å²) in [7, 11) is 0. The zero-order chi connectivity index (χ0) is 17.3. The smallest absolute Gasteiger partial charge is 0.342 e. The van der Waals surface area contributed by atoms with E-state index in [0.717, 1.165) is 5.56 Å². The molecule has 3 rings (SSSR count). The van der Waals surface area contributed by atoms with Gasteiger partial charge in [0.15, 0.2) is 5.82 Å². The van der Waals surface area contributed by atoms with Crippen molar-refractivity contribution in [1.82, 2.24) is 14.5 Å². The molecule has 0 aliphatic carbocycles. The first kappa shape index (κ1) is 15.9. The highest BCUT2D eigenvalue weighted by Crippen LogP contribution is 2.25. The van der Waals surface area contributed by atoms with E-state index in [4.69, 9.17) is 11.6 Å². The van der Waals surface area contributed by atoms with E-state index in [1.807, 2.05) is 30.3 Å². The van der Waals surface area contributed by atoms with Gasteiger partial charge in [0.05, 0.1) is 10.4 Å². The van der Waals surface area contributed by atoms with Crippen molar-refractivity contribution in [2.75, 3.05) is 0 Å². The standard InChI is InChI=1S/C17H12ClN3O3/c1-2-8-21-15-11(13(18)12(16(21)22)17(23)24)9-19-14(20-15)10-6-4-3-5-7-10/h2-7,9H,1,8H2,(H,23,24). The monoisotopic (exact) mass is 341 g/mol. The third-order valence-electron chi connectivity index (χ3n) is 3.50. The first-order valence-electron chi connectivity index (χ1n) is 7.03. The number of halogens is 1. The lowest BCUT2D eigenvalue weighted by atomic mass is 10.2. The zero-order valence-corrected chi connectivity index (χ0v) is 13.2. The minimum atomic E-state index is -1.39. The van der Waals surface area contributed by atoms with E-state index >= 15 is 0 Å². The van der Waals surface area contributed by atoms with Gasteiger partial charge in [0.1, 0.15) is 11.2 Å². The molecule has 6 nitrogen and oxygen atoms in total. The lowest BCUT2D eigenvalue weighted by Gasteiger charge is -2.12. The van der Waals surface area contributed by atoms with Gasteiger partial charge in [-0.15, -0.1) is 6.58 Å². The first-order valence-corrected chi connectivity index (χ1v) is 7.41. The van der Waals surface area contributed by atoms with Gasteiger partial charge in [0.2, 0.25) is 0 Å². The predicted octanol–water partition coefficient (Wildman–Crippen LogP) is 3.00. The van der Waals surface area contributed by atoms with Crippen LogP contribution in [-0.2, 0) is 6.54 Å². The number of aromatic carboxylic acids is 1. The van der Waals surface area contributed by atoms with Crippen molar-refractivity contribution in [2.45, 2.75) is 6.54 Å². The Hall–Kier alpha value is -2.99. The second-order valence-corrected chi connectivity index (χ2v) is 5.37. The number of fused-ring (bicyclic) bond motifs is 1. The van der Waals surface area contributed by atoms with Crippen molar-refractivity contribution in [1.29, 1.82) is 0 Å². The Morgan fingerprint density at radius 1 is 1.33 bits per heavy atom. The summed E-state index contributed by atoms with van der Waals surface area (Å²) >= 11 is 6.11. The summed E-state index contributed by atoms with van der Waals surface area (Å²) in [5.74, 6) is -0.976. The molecule has 120 valence electrons. The maximum absolute atomic E-state index is 12.5. The molecule has 24 heavy (non-hydrogen) atoms. The number of aromatic nitrogens is 3. The average Bonchev–Trinajstić information content (AvgIpc) is 2.58. The van der Waals surface area contributed by atoms with Crippen LogP contribution in [0, 0.1) is 0 Å². The minimum absolute atomic E-state index is 0.109. The fourth-order valence-corrected chi connectivity index (χ4v) is 2.70. The Kier molecular flexibility index (Phi) is 4.14. The van der Waals surface area contributed by atoms with Gasteiger partial charge in [-0.05, 0) is 0 Å². The first-order chi connectivity index (χ1) is 11.5. The molecule has 7 heteroatoms. The largest absolute Gasteiger partial charge is 0.477 e. The van der Waals surface area contributed by atoms with Crippen molar-refractivity contribution >= 4 is 28.6 Å². The lowest BCUT2D eigenvalue weighted by Crippen LogP contribution is -2.27. The quantitative estimate of drug-likeness (QED) is 0.737. The predicted molar refractivity (Wildman–Crippen MR) is 91.4 cm³/mol. The third kappa shape index (κ3) is 2.57. The molecule has 0 unspecified atom stereocenters. The van der Waals surface area contributed by atoms with Crippen molar-refractivity contribution < 1.29 is 9.90 Å². The van der Waals surface area contributed by atoms with Gasteiger partial charge in [-0.3, -0.25) is 9.36 Å². The number of nitrogens with zero attached hydrogens (tertiary/aromatic N) is 3. The van der Waals surface area contributed by atoms with E-state index < -0.39 is 17.1 Å². The van der Waals surface area contributed by atoms with Crippen LogP contribution in [-0.4, -0.2) is 25.6 Å². The molecule has 2 aromatic heterocycles. The Morgan fingerprint density at radius 2 is 2.04 bits per heavy atom. The van der Waals surface area contributed by atoms with Crippen LogP contribution in [0.2, 0.25) is 5.02 Å². The van der Waals surface area contributed by atoms with E-state index in [9.17, 15) is 14.7 Å². The molecule has 0 amide bonds. The van der Waals surface area contributed by atoms with Gasteiger partial charge < -0.3 is 5.11 Å². The topological polar surface area (TPSA) is 85.1 Å². The van der Waals surface area contributed by atoms with Crippen LogP contribution in [0.4, 0.5) is 0 Å². The van der Waals surface area contributed by atoms with Gasteiger partial charge in [-0.2, -0.15) is 0 Å². The Labute approximate surface area is 141 Å². The minimum Gasteiger partial charge on any atom is -0.477 e. The maximum atomic E-state index is 12.5. The van der Waals surface area contributed by atoms with E-state index in [1.54, 1.807) is 0 Å². The molecule has 0 aliphatic heterocycles. The van der Waals surface area contributed by atoms with Crippen molar-refractivity contribution in [3.8, 4) is 11.4 Å². The third-order valence-corrected chi connectivity index (χ3v) is 3.89. The highest BCUT2D eigenvalue weighted by molar-refractivity contribution is 6.38. The Balaban J connectivity index is 2.39. The van der Waals surface area contributed by atoms with Crippen molar-refractivity contribution in [3.63, 3.8) is 0 Å². The van der Waals surface area contributed by atoms with Gasteiger partial charge >= 0.3 is 5.97 Å². The maximum Gasteiger partial charge on any atom is 0.342 e. The van der Waals surface area contributed by atoms with Gasteiger partial charge in [-0.25, -0.2) is 14.8 Å². The lowest BCUT2D eigenvalue weighted by molar-refractivity contribution is 0.0694.